The van der Waals surface area contributed by atoms with Crippen molar-refractivity contribution in [1.82, 2.24) is 19.9 Å². The van der Waals surface area contributed by atoms with Gasteiger partial charge >= 0.3 is 0 Å². The topological polar surface area (TPSA) is 106 Å². The molecule has 0 aromatic carbocycles. The van der Waals surface area contributed by atoms with E-state index < -0.39 is 0 Å². The number of hydrogen-bond donors (Lipinski definition) is 1. The molecule has 8 heteroatoms. The summed E-state index contributed by atoms with van der Waals surface area (Å²) in [7, 11) is 1.64. The van der Waals surface area contributed by atoms with Crippen LogP contribution in [-0.2, 0) is 11.2 Å². The van der Waals surface area contributed by atoms with E-state index in [1.807, 2.05) is 31.2 Å². The van der Waals surface area contributed by atoms with Gasteiger partial charge in [0.1, 0.15) is 24.4 Å². The van der Waals surface area contributed by atoms with Gasteiger partial charge in [-0.25, -0.2) is 15.0 Å². The van der Waals surface area contributed by atoms with Gasteiger partial charge in [-0.1, -0.05) is 6.07 Å². The number of methoxy groups -OCH3 is 1. The van der Waals surface area contributed by atoms with Gasteiger partial charge in [-0.05, 0) is 25.0 Å². The third kappa shape index (κ3) is 4.99. The highest BCUT2D eigenvalue weighted by Gasteiger charge is 2.03. The normalized spacial score (nSPS) is 10.3. The summed E-state index contributed by atoms with van der Waals surface area (Å²) in [5.74, 6) is 1.64. The lowest BCUT2D eigenvalue weighted by Gasteiger charge is -2.10. The Hall–Kier alpha value is -3.57. The zero-order valence-corrected chi connectivity index (χ0v) is 15.7. The molecule has 3 rings (SSSR count). The quantitative estimate of drug-likeness (QED) is 0.471. The molecule has 0 aliphatic rings. The summed E-state index contributed by atoms with van der Waals surface area (Å²) >= 11 is 0. The number of nitrogens with zero attached hydrogens (tertiary/aromatic N) is 5. The molecule has 0 fully saturated rings. The summed E-state index contributed by atoms with van der Waals surface area (Å²) in [4.78, 5) is 16.6. The molecule has 0 spiro atoms. The molecular formula is C20H22N6O2. The number of pyridine rings is 2. The van der Waals surface area contributed by atoms with Crippen molar-refractivity contribution in [3.8, 4) is 23.1 Å². The number of aromatic nitrogens is 4. The lowest BCUT2D eigenvalue weighted by atomic mass is 10.1. The molecule has 0 radical (unpaired) electrons. The Bertz CT molecular complexity index is 958. The average Bonchev–Trinajstić information content (AvgIpc) is 2.75. The first-order chi connectivity index (χ1) is 13.7. The van der Waals surface area contributed by atoms with Crippen molar-refractivity contribution in [3.05, 3.63) is 59.9 Å². The SMILES string of the molecule is COc1cc(NCOCCc2ccc(-c3cnc(C#N)nc3)nc2)ncc1C.[HH]. The fourth-order valence-corrected chi connectivity index (χ4v) is 2.47. The van der Waals surface area contributed by atoms with Crippen LogP contribution in [-0.4, -0.2) is 40.4 Å². The maximum absolute atomic E-state index is 8.74. The minimum Gasteiger partial charge on any atom is -0.496 e. The van der Waals surface area contributed by atoms with Gasteiger partial charge in [-0.2, -0.15) is 5.26 Å². The van der Waals surface area contributed by atoms with Crippen LogP contribution in [0, 0.1) is 18.3 Å². The maximum Gasteiger partial charge on any atom is 0.232 e. The van der Waals surface area contributed by atoms with Crippen molar-refractivity contribution >= 4 is 5.82 Å². The average molecular weight is 378 g/mol. The third-order valence-corrected chi connectivity index (χ3v) is 4.04. The Morgan fingerprint density at radius 3 is 2.61 bits per heavy atom. The molecule has 3 aromatic rings. The Morgan fingerprint density at radius 2 is 1.93 bits per heavy atom. The number of hydrogen-bond acceptors (Lipinski definition) is 8. The van der Waals surface area contributed by atoms with Gasteiger partial charge in [0.05, 0.1) is 19.4 Å². The molecule has 3 aromatic heterocycles. The Morgan fingerprint density at radius 1 is 1.11 bits per heavy atom. The minimum atomic E-state index is 0. The van der Waals surface area contributed by atoms with Gasteiger partial charge in [0.2, 0.25) is 5.82 Å². The molecule has 28 heavy (non-hydrogen) atoms. The highest BCUT2D eigenvalue weighted by Crippen LogP contribution is 2.19. The van der Waals surface area contributed by atoms with Crippen molar-refractivity contribution in [3.63, 3.8) is 0 Å². The van der Waals surface area contributed by atoms with Crippen LogP contribution in [0.4, 0.5) is 5.82 Å². The lowest BCUT2D eigenvalue weighted by molar-refractivity contribution is 0.155. The monoisotopic (exact) mass is 378 g/mol. The van der Waals surface area contributed by atoms with Gasteiger partial charge in [-0.15, -0.1) is 0 Å². The zero-order chi connectivity index (χ0) is 19.8. The molecule has 0 amide bonds. The summed E-state index contributed by atoms with van der Waals surface area (Å²) in [5.41, 5.74) is 3.58. The predicted molar refractivity (Wildman–Crippen MR) is 106 cm³/mol. The van der Waals surface area contributed by atoms with Crippen LogP contribution in [0.1, 0.15) is 18.4 Å². The molecule has 0 bridgehead atoms. The molecule has 8 nitrogen and oxygen atoms in total. The Balaban J connectivity index is 0.00000300. The van der Waals surface area contributed by atoms with E-state index in [1.165, 1.54) is 0 Å². The smallest absolute Gasteiger partial charge is 0.232 e. The molecule has 0 saturated carbocycles. The largest absolute Gasteiger partial charge is 0.496 e. The third-order valence-electron chi connectivity index (χ3n) is 4.04. The molecule has 0 aliphatic heterocycles. The van der Waals surface area contributed by atoms with E-state index in [9.17, 15) is 0 Å². The number of nitrogens with one attached hydrogen (secondary N) is 1. The number of aryl methyl sites for hydroxylation is 1. The second-order valence-electron chi connectivity index (χ2n) is 5.98. The van der Waals surface area contributed by atoms with Crippen LogP contribution >= 0.6 is 0 Å². The van der Waals surface area contributed by atoms with E-state index in [0.29, 0.717) is 19.2 Å². The van der Waals surface area contributed by atoms with Crippen molar-refractivity contribution in [2.75, 3.05) is 25.8 Å². The molecule has 1 N–H and O–H groups in total. The lowest BCUT2D eigenvalue weighted by Crippen LogP contribution is -2.10. The minimum absolute atomic E-state index is 0. The van der Waals surface area contributed by atoms with Gasteiger partial charge in [0, 0.05) is 43.4 Å². The second kappa shape index (κ2) is 9.39. The summed E-state index contributed by atoms with van der Waals surface area (Å²) in [6.07, 6.45) is 7.49. The molecule has 0 aliphatic carbocycles. The van der Waals surface area contributed by atoms with E-state index in [2.05, 4.69) is 25.3 Å². The van der Waals surface area contributed by atoms with Crippen LogP contribution in [0.3, 0.4) is 0 Å². The standard InChI is InChI=1S/C20H20N6O2.H2/c1-14-9-23-19(7-18(14)27-2)26-13-28-6-5-15-3-4-17(22-10-15)16-11-24-20(8-21)25-12-16;/h3-4,7,9-12H,5-6,13H2,1-2H3,(H,23,26);1H. The first kappa shape index (κ1) is 19.2. The van der Waals surface area contributed by atoms with E-state index >= 15 is 0 Å². The Kier molecular flexibility index (Phi) is 6.44. The number of rotatable bonds is 8. The fraction of sp³-hybridized carbons (Fsp3) is 0.250. The van der Waals surface area contributed by atoms with Gasteiger partial charge < -0.3 is 14.8 Å². The van der Waals surface area contributed by atoms with Crippen molar-refractivity contribution in [1.29, 1.82) is 5.26 Å². The van der Waals surface area contributed by atoms with Gasteiger partial charge in [-0.3, -0.25) is 4.98 Å². The molecule has 0 unspecified atom stereocenters. The fourth-order valence-electron chi connectivity index (χ4n) is 2.47. The second-order valence-corrected chi connectivity index (χ2v) is 5.98. The van der Waals surface area contributed by atoms with Crippen LogP contribution in [0.25, 0.3) is 11.3 Å². The molecule has 0 atom stereocenters. The van der Waals surface area contributed by atoms with Gasteiger partial charge in [0.15, 0.2) is 0 Å². The summed E-state index contributed by atoms with van der Waals surface area (Å²) in [5, 5.41) is 11.8. The van der Waals surface area contributed by atoms with Crippen LogP contribution in [0.5, 0.6) is 5.75 Å². The van der Waals surface area contributed by atoms with E-state index in [-0.39, 0.29) is 7.25 Å². The number of ether oxygens (including phenoxy) is 2. The highest BCUT2D eigenvalue weighted by atomic mass is 16.5. The first-order valence-electron chi connectivity index (χ1n) is 8.69. The van der Waals surface area contributed by atoms with Crippen molar-refractivity contribution < 1.29 is 10.9 Å². The Labute approximate surface area is 164 Å². The number of nitriles is 1. The van der Waals surface area contributed by atoms with Gasteiger partial charge in [0.25, 0.3) is 0 Å². The molecular weight excluding hydrogens is 356 g/mol. The van der Waals surface area contributed by atoms with Crippen LogP contribution in [0.15, 0.2) is 43.0 Å². The molecule has 3 heterocycles. The zero-order valence-electron chi connectivity index (χ0n) is 15.7. The van der Waals surface area contributed by atoms with Crippen molar-refractivity contribution in [2.24, 2.45) is 0 Å². The van der Waals surface area contributed by atoms with Crippen LogP contribution < -0.4 is 10.1 Å². The van der Waals surface area contributed by atoms with Crippen LogP contribution in [0.2, 0.25) is 0 Å². The highest BCUT2D eigenvalue weighted by molar-refractivity contribution is 5.56. The van der Waals surface area contributed by atoms with Crippen molar-refractivity contribution in [2.45, 2.75) is 13.3 Å². The molecule has 0 saturated heterocycles. The summed E-state index contributed by atoms with van der Waals surface area (Å²) < 4.78 is 10.9. The maximum atomic E-state index is 8.74. The predicted octanol–water partition coefficient (Wildman–Crippen LogP) is 3.00. The van der Waals surface area contributed by atoms with E-state index in [0.717, 1.165) is 34.6 Å². The summed E-state index contributed by atoms with van der Waals surface area (Å²) in [6.45, 7) is 2.85. The molecule has 144 valence electrons. The van der Waals surface area contributed by atoms with E-state index in [1.54, 1.807) is 31.9 Å². The van der Waals surface area contributed by atoms with E-state index in [4.69, 9.17) is 14.7 Å². The first-order valence-corrected chi connectivity index (χ1v) is 8.69. The summed E-state index contributed by atoms with van der Waals surface area (Å²) in [6, 6.07) is 7.63. The number of anilines is 1.